The monoisotopic (exact) mass is 260 g/mol. The van der Waals surface area contributed by atoms with E-state index in [-0.39, 0.29) is 0 Å². The molecule has 0 amide bonds. The lowest BCUT2D eigenvalue weighted by Gasteiger charge is -2.18. The van der Waals surface area contributed by atoms with Crippen LogP contribution in [0, 0.1) is 0 Å². The number of rotatable bonds is 5. The molecule has 96 valence electrons. The first-order chi connectivity index (χ1) is 8.70. The number of benzene rings is 1. The van der Waals surface area contributed by atoms with Gasteiger partial charge in [0, 0.05) is 37.1 Å². The number of anilines is 1. The van der Waals surface area contributed by atoms with Crippen LogP contribution in [0.1, 0.15) is 16.5 Å². The van der Waals surface area contributed by atoms with Gasteiger partial charge in [0.05, 0.1) is 0 Å². The summed E-state index contributed by atoms with van der Waals surface area (Å²) in [4.78, 5) is 3.54. The summed E-state index contributed by atoms with van der Waals surface area (Å²) in [6, 6.07) is 13.5. The smallest absolute Gasteiger partial charge is 0.0366 e. The van der Waals surface area contributed by atoms with Crippen LogP contribution in [0.15, 0.2) is 41.8 Å². The van der Waals surface area contributed by atoms with Gasteiger partial charge in [-0.15, -0.1) is 11.3 Å². The topological polar surface area (TPSA) is 15.3 Å². The molecule has 0 radical (unpaired) electrons. The van der Waals surface area contributed by atoms with Crippen LogP contribution in [0.25, 0.3) is 0 Å². The SMILES string of the molecule is CNC(Cc1cccs1)c1ccc(N(C)C)cc1. The molecule has 0 saturated carbocycles. The molecule has 0 aliphatic carbocycles. The van der Waals surface area contributed by atoms with Crippen molar-refractivity contribution in [1.29, 1.82) is 0 Å². The second kappa shape index (κ2) is 6.03. The number of hydrogen-bond donors (Lipinski definition) is 1. The van der Waals surface area contributed by atoms with Crippen LogP contribution in [0.4, 0.5) is 5.69 Å². The van der Waals surface area contributed by atoms with Gasteiger partial charge in [-0.05, 0) is 36.2 Å². The van der Waals surface area contributed by atoms with Crippen molar-refractivity contribution in [2.75, 3.05) is 26.0 Å². The van der Waals surface area contributed by atoms with E-state index in [4.69, 9.17) is 0 Å². The molecule has 0 saturated heterocycles. The van der Waals surface area contributed by atoms with E-state index >= 15 is 0 Å². The minimum Gasteiger partial charge on any atom is -0.378 e. The second-order valence-electron chi connectivity index (χ2n) is 4.61. The molecule has 3 heteroatoms. The number of hydrogen-bond acceptors (Lipinski definition) is 3. The van der Waals surface area contributed by atoms with Crippen LogP contribution in [0.2, 0.25) is 0 Å². The third kappa shape index (κ3) is 3.12. The maximum absolute atomic E-state index is 3.40. The molecule has 0 bridgehead atoms. The molecule has 1 atom stereocenters. The highest BCUT2D eigenvalue weighted by Crippen LogP contribution is 2.23. The Morgan fingerprint density at radius 3 is 2.39 bits per heavy atom. The third-order valence-electron chi connectivity index (χ3n) is 3.15. The molecule has 2 aromatic rings. The van der Waals surface area contributed by atoms with Crippen LogP contribution in [0.5, 0.6) is 0 Å². The van der Waals surface area contributed by atoms with Gasteiger partial charge in [-0.25, -0.2) is 0 Å². The Morgan fingerprint density at radius 2 is 1.89 bits per heavy atom. The molecule has 2 nitrogen and oxygen atoms in total. The Bertz CT molecular complexity index is 460. The molecule has 0 aliphatic rings. The predicted octanol–water partition coefficient (Wildman–Crippen LogP) is 3.32. The van der Waals surface area contributed by atoms with E-state index in [0.29, 0.717) is 6.04 Å². The average molecular weight is 260 g/mol. The number of nitrogens with zero attached hydrogens (tertiary/aromatic N) is 1. The van der Waals surface area contributed by atoms with E-state index in [2.05, 4.69) is 66.1 Å². The Balaban J connectivity index is 2.12. The van der Waals surface area contributed by atoms with Gasteiger partial charge >= 0.3 is 0 Å². The Kier molecular flexibility index (Phi) is 4.39. The van der Waals surface area contributed by atoms with E-state index in [1.54, 1.807) is 0 Å². The number of likely N-dealkylation sites (N-methyl/N-ethyl adjacent to an activating group) is 1. The van der Waals surface area contributed by atoms with E-state index in [1.807, 2.05) is 18.4 Å². The first kappa shape index (κ1) is 13.1. The average Bonchev–Trinajstić information content (AvgIpc) is 2.89. The molecule has 1 aromatic heterocycles. The zero-order valence-electron chi connectivity index (χ0n) is 11.2. The highest BCUT2D eigenvalue weighted by atomic mass is 32.1. The Morgan fingerprint density at radius 1 is 1.17 bits per heavy atom. The molecule has 18 heavy (non-hydrogen) atoms. The van der Waals surface area contributed by atoms with Crippen LogP contribution >= 0.6 is 11.3 Å². The first-order valence-corrected chi connectivity index (χ1v) is 7.05. The highest BCUT2D eigenvalue weighted by molar-refractivity contribution is 7.09. The summed E-state index contributed by atoms with van der Waals surface area (Å²) in [6.07, 6.45) is 1.05. The molecule has 0 spiro atoms. The van der Waals surface area contributed by atoms with Gasteiger partial charge in [0.15, 0.2) is 0 Å². The molecule has 2 rings (SSSR count). The van der Waals surface area contributed by atoms with E-state index in [1.165, 1.54) is 16.1 Å². The normalized spacial score (nSPS) is 12.4. The van der Waals surface area contributed by atoms with E-state index < -0.39 is 0 Å². The van der Waals surface area contributed by atoms with Crippen molar-refractivity contribution in [3.63, 3.8) is 0 Å². The van der Waals surface area contributed by atoms with Gasteiger partial charge in [0.1, 0.15) is 0 Å². The largest absolute Gasteiger partial charge is 0.378 e. The summed E-state index contributed by atoms with van der Waals surface area (Å²) in [5.41, 5.74) is 2.58. The summed E-state index contributed by atoms with van der Waals surface area (Å²) in [6.45, 7) is 0. The van der Waals surface area contributed by atoms with Crippen molar-refractivity contribution in [3.05, 3.63) is 52.2 Å². The molecular formula is C15H20N2S. The minimum atomic E-state index is 0.389. The summed E-state index contributed by atoms with van der Waals surface area (Å²) in [5.74, 6) is 0. The van der Waals surface area contributed by atoms with Crippen LogP contribution in [-0.2, 0) is 6.42 Å². The second-order valence-corrected chi connectivity index (χ2v) is 5.64. The summed E-state index contributed by atoms with van der Waals surface area (Å²) in [5, 5.41) is 5.53. The van der Waals surface area contributed by atoms with Crippen LogP contribution in [0.3, 0.4) is 0 Å². The molecule has 1 heterocycles. The number of thiophene rings is 1. The van der Waals surface area contributed by atoms with Crippen LogP contribution in [-0.4, -0.2) is 21.1 Å². The van der Waals surface area contributed by atoms with Gasteiger partial charge < -0.3 is 10.2 Å². The fourth-order valence-corrected chi connectivity index (χ4v) is 2.77. The van der Waals surface area contributed by atoms with Crippen molar-refractivity contribution >= 4 is 17.0 Å². The third-order valence-corrected chi connectivity index (χ3v) is 4.04. The molecule has 0 aliphatic heterocycles. The molecular weight excluding hydrogens is 240 g/mol. The lowest BCUT2D eigenvalue weighted by atomic mass is 10.0. The summed E-state index contributed by atoms with van der Waals surface area (Å²) >= 11 is 1.82. The lowest BCUT2D eigenvalue weighted by molar-refractivity contribution is 0.596. The first-order valence-electron chi connectivity index (χ1n) is 6.17. The van der Waals surface area contributed by atoms with Gasteiger partial charge in [-0.1, -0.05) is 18.2 Å². The maximum atomic E-state index is 3.40. The zero-order chi connectivity index (χ0) is 13.0. The number of nitrogens with one attached hydrogen (secondary N) is 1. The van der Waals surface area contributed by atoms with Crippen molar-refractivity contribution < 1.29 is 0 Å². The Hall–Kier alpha value is -1.32. The van der Waals surface area contributed by atoms with Crippen molar-refractivity contribution in [2.45, 2.75) is 12.5 Å². The van der Waals surface area contributed by atoms with Crippen molar-refractivity contribution in [3.8, 4) is 0 Å². The molecule has 0 fully saturated rings. The fraction of sp³-hybridized carbons (Fsp3) is 0.333. The fourth-order valence-electron chi connectivity index (χ4n) is 2.02. The maximum Gasteiger partial charge on any atom is 0.0366 e. The van der Waals surface area contributed by atoms with Gasteiger partial charge in [-0.2, -0.15) is 0 Å². The Labute approximate surface area is 113 Å². The minimum absolute atomic E-state index is 0.389. The van der Waals surface area contributed by atoms with Crippen molar-refractivity contribution in [1.82, 2.24) is 5.32 Å². The summed E-state index contributed by atoms with van der Waals surface area (Å²) in [7, 11) is 6.16. The summed E-state index contributed by atoms with van der Waals surface area (Å²) < 4.78 is 0. The van der Waals surface area contributed by atoms with E-state index in [0.717, 1.165) is 6.42 Å². The van der Waals surface area contributed by atoms with E-state index in [9.17, 15) is 0 Å². The molecule has 1 N–H and O–H groups in total. The highest BCUT2D eigenvalue weighted by Gasteiger charge is 2.10. The lowest BCUT2D eigenvalue weighted by Crippen LogP contribution is -2.18. The quantitative estimate of drug-likeness (QED) is 0.887. The van der Waals surface area contributed by atoms with Gasteiger partial charge in [0.2, 0.25) is 0 Å². The molecule has 1 aromatic carbocycles. The van der Waals surface area contributed by atoms with Gasteiger partial charge in [-0.3, -0.25) is 0 Å². The zero-order valence-corrected chi connectivity index (χ0v) is 12.0. The van der Waals surface area contributed by atoms with Crippen molar-refractivity contribution in [2.24, 2.45) is 0 Å². The van der Waals surface area contributed by atoms with Gasteiger partial charge in [0.25, 0.3) is 0 Å². The predicted molar refractivity (Wildman–Crippen MR) is 80.6 cm³/mol. The standard InChI is InChI=1S/C15H20N2S/c1-16-15(11-14-5-4-10-18-14)12-6-8-13(9-7-12)17(2)3/h4-10,15-16H,11H2,1-3H3. The molecule has 1 unspecified atom stereocenters. The van der Waals surface area contributed by atoms with Crippen LogP contribution < -0.4 is 10.2 Å².